The fourth-order valence-electron chi connectivity index (χ4n) is 1.42. The minimum atomic E-state index is -1.24. The number of carbonyl (C=O) groups is 1. The number of aryl methyl sites for hydroxylation is 1. The predicted octanol–water partition coefficient (Wildman–Crippen LogP) is 3.07. The largest absolute Gasteiger partial charge is 0.477 e. The summed E-state index contributed by atoms with van der Waals surface area (Å²) in [6.07, 6.45) is 0. The van der Waals surface area contributed by atoms with Gasteiger partial charge in [-0.2, -0.15) is 0 Å². The Morgan fingerprint density at radius 2 is 2.11 bits per heavy atom. The molecule has 0 unspecified atom stereocenters. The fraction of sp³-hybridized carbons (Fsp3) is 0.0833. The molecule has 2 rings (SSSR count). The van der Waals surface area contributed by atoms with E-state index in [1.807, 2.05) is 0 Å². The number of nitrogens with zero attached hydrogens (tertiary/aromatic N) is 2. The van der Waals surface area contributed by atoms with Gasteiger partial charge in [-0.1, -0.05) is 11.6 Å². The van der Waals surface area contributed by atoms with E-state index < -0.39 is 11.8 Å². The van der Waals surface area contributed by atoms with E-state index >= 15 is 0 Å². The summed E-state index contributed by atoms with van der Waals surface area (Å²) < 4.78 is 18.3. The summed E-state index contributed by atoms with van der Waals surface area (Å²) >= 11 is 5.57. The number of hydrogen-bond donors (Lipinski definition) is 1. The molecular formula is C12H8ClFN2O3. The molecule has 0 saturated carbocycles. The molecule has 1 aromatic heterocycles. The van der Waals surface area contributed by atoms with Crippen molar-refractivity contribution >= 4 is 17.6 Å². The Morgan fingerprint density at radius 1 is 1.37 bits per heavy atom. The van der Waals surface area contributed by atoms with Crippen molar-refractivity contribution in [1.82, 2.24) is 10.2 Å². The van der Waals surface area contributed by atoms with Crippen LogP contribution in [-0.4, -0.2) is 21.3 Å². The van der Waals surface area contributed by atoms with Crippen molar-refractivity contribution in [3.8, 4) is 11.6 Å². The molecule has 1 heterocycles. The van der Waals surface area contributed by atoms with Crippen molar-refractivity contribution in [2.45, 2.75) is 6.92 Å². The lowest BCUT2D eigenvalue weighted by atomic mass is 10.2. The van der Waals surface area contributed by atoms with Gasteiger partial charge in [-0.05, 0) is 36.8 Å². The van der Waals surface area contributed by atoms with Crippen LogP contribution in [0.3, 0.4) is 0 Å². The molecule has 0 atom stereocenters. The van der Waals surface area contributed by atoms with Crippen LogP contribution in [0.25, 0.3) is 0 Å². The Balaban J connectivity index is 2.40. The number of aromatic nitrogens is 2. The second-order valence-electron chi connectivity index (χ2n) is 3.70. The highest BCUT2D eigenvalue weighted by Gasteiger charge is 2.16. The van der Waals surface area contributed by atoms with Crippen molar-refractivity contribution in [1.29, 1.82) is 0 Å². The lowest BCUT2D eigenvalue weighted by Crippen LogP contribution is -2.04. The number of carboxylic acid groups (broad SMARTS) is 1. The molecule has 0 aliphatic carbocycles. The summed E-state index contributed by atoms with van der Waals surface area (Å²) in [6.45, 7) is 1.63. The van der Waals surface area contributed by atoms with Crippen molar-refractivity contribution in [2.24, 2.45) is 0 Å². The van der Waals surface area contributed by atoms with Gasteiger partial charge in [0.2, 0.25) is 0 Å². The predicted molar refractivity (Wildman–Crippen MR) is 65.2 cm³/mol. The van der Waals surface area contributed by atoms with Crippen LogP contribution in [-0.2, 0) is 0 Å². The molecule has 98 valence electrons. The average molecular weight is 283 g/mol. The number of carboxylic acids is 1. The van der Waals surface area contributed by atoms with Crippen LogP contribution in [0, 0.1) is 12.7 Å². The van der Waals surface area contributed by atoms with Gasteiger partial charge in [0, 0.05) is 0 Å². The van der Waals surface area contributed by atoms with Gasteiger partial charge in [0.05, 0.1) is 0 Å². The molecule has 19 heavy (non-hydrogen) atoms. The molecule has 0 aliphatic heterocycles. The number of benzene rings is 1. The Bertz CT molecular complexity index is 649. The van der Waals surface area contributed by atoms with Crippen LogP contribution < -0.4 is 4.74 Å². The smallest absolute Gasteiger partial charge is 0.341 e. The average Bonchev–Trinajstić information content (AvgIpc) is 2.34. The Hall–Kier alpha value is -2.21. The zero-order chi connectivity index (χ0) is 14.0. The highest BCUT2D eigenvalue weighted by molar-refractivity contribution is 6.29. The molecule has 0 radical (unpaired) electrons. The number of hydrogen-bond acceptors (Lipinski definition) is 4. The van der Waals surface area contributed by atoms with Crippen molar-refractivity contribution < 1.29 is 19.0 Å². The first kappa shape index (κ1) is 13.2. The summed E-state index contributed by atoms with van der Waals surface area (Å²) in [6, 6.07) is 4.98. The molecule has 0 aliphatic rings. The fourth-order valence-corrected chi connectivity index (χ4v) is 1.56. The van der Waals surface area contributed by atoms with Gasteiger partial charge in [0.15, 0.2) is 5.15 Å². The van der Waals surface area contributed by atoms with Crippen LogP contribution in [0.4, 0.5) is 4.39 Å². The van der Waals surface area contributed by atoms with Gasteiger partial charge in [0.1, 0.15) is 17.1 Å². The molecule has 0 amide bonds. The molecule has 0 fully saturated rings. The highest BCUT2D eigenvalue weighted by Crippen LogP contribution is 2.27. The first-order chi connectivity index (χ1) is 8.97. The van der Waals surface area contributed by atoms with Crippen molar-refractivity contribution in [3.63, 3.8) is 0 Å². The molecule has 0 bridgehead atoms. The maximum atomic E-state index is 13.0. The standard InChI is InChI=1S/C12H8ClFN2O3/c1-6-4-7(14)2-3-9(6)19-11-8(12(17)18)5-10(13)15-16-11/h2-5H,1H3,(H,17,18). The van der Waals surface area contributed by atoms with E-state index in [-0.39, 0.29) is 16.6 Å². The van der Waals surface area contributed by atoms with E-state index in [2.05, 4.69) is 10.2 Å². The third-order valence-corrected chi connectivity index (χ3v) is 2.49. The first-order valence-electron chi connectivity index (χ1n) is 5.18. The molecule has 7 heteroatoms. The Morgan fingerprint density at radius 3 is 2.74 bits per heavy atom. The quantitative estimate of drug-likeness (QED) is 0.936. The normalized spacial score (nSPS) is 10.3. The molecule has 0 saturated heterocycles. The molecule has 1 aromatic carbocycles. The van der Waals surface area contributed by atoms with Crippen LogP contribution in [0.1, 0.15) is 15.9 Å². The van der Waals surface area contributed by atoms with Gasteiger partial charge >= 0.3 is 5.97 Å². The summed E-state index contributed by atoms with van der Waals surface area (Å²) in [7, 11) is 0. The number of halogens is 2. The monoisotopic (exact) mass is 282 g/mol. The van der Waals surface area contributed by atoms with E-state index in [0.29, 0.717) is 11.3 Å². The zero-order valence-electron chi connectivity index (χ0n) is 9.72. The second kappa shape index (κ2) is 5.19. The number of aromatic carboxylic acids is 1. The summed E-state index contributed by atoms with van der Waals surface area (Å²) in [5.74, 6) is -1.57. The van der Waals surface area contributed by atoms with Crippen LogP contribution >= 0.6 is 11.6 Å². The van der Waals surface area contributed by atoms with Crippen LogP contribution in [0.15, 0.2) is 24.3 Å². The third-order valence-electron chi connectivity index (χ3n) is 2.30. The lowest BCUT2D eigenvalue weighted by molar-refractivity contribution is 0.0693. The maximum absolute atomic E-state index is 13.0. The summed E-state index contributed by atoms with van der Waals surface area (Å²) in [4.78, 5) is 11.0. The topological polar surface area (TPSA) is 72.3 Å². The highest BCUT2D eigenvalue weighted by atomic mass is 35.5. The van der Waals surface area contributed by atoms with Crippen LogP contribution in [0.2, 0.25) is 5.15 Å². The minimum absolute atomic E-state index is 0.0550. The minimum Gasteiger partial charge on any atom is -0.477 e. The number of ether oxygens (including phenoxy) is 1. The lowest BCUT2D eigenvalue weighted by Gasteiger charge is -2.09. The van der Waals surface area contributed by atoms with Crippen molar-refractivity contribution in [3.05, 3.63) is 46.4 Å². The molecule has 0 spiro atoms. The third kappa shape index (κ3) is 2.97. The first-order valence-corrected chi connectivity index (χ1v) is 5.55. The van der Waals surface area contributed by atoms with E-state index in [4.69, 9.17) is 21.4 Å². The van der Waals surface area contributed by atoms with E-state index in [0.717, 1.165) is 6.07 Å². The summed E-state index contributed by atoms with van der Waals surface area (Å²) in [5, 5.41) is 16.1. The van der Waals surface area contributed by atoms with Gasteiger partial charge in [-0.3, -0.25) is 0 Å². The Labute approximate surface area is 112 Å². The SMILES string of the molecule is Cc1cc(F)ccc1Oc1nnc(Cl)cc1C(=O)O. The van der Waals surface area contributed by atoms with E-state index in [1.165, 1.54) is 18.2 Å². The van der Waals surface area contributed by atoms with Gasteiger partial charge in [-0.15, -0.1) is 10.2 Å². The molecule has 1 N–H and O–H groups in total. The summed E-state index contributed by atoms with van der Waals surface area (Å²) in [5.41, 5.74) is 0.289. The Kier molecular flexibility index (Phi) is 3.62. The van der Waals surface area contributed by atoms with Crippen LogP contribution in [0.5, 0.6) is 11.6 Å². The second-order valence-corrected chi connectivity index (χ2v) is 4.09. The molecular weight excluding hydrogens is 275 g/mol. The maximum Gasteiger partial charge on any atom is 0.341 e. The van der Waals surface area contributed by atoms with E-state index in [9.17, 15) is 9.18 Å². The van der Waals surface area contributed by atoms with Gasteiger partial charge in [-0.25, -0.2) is 9.18 Å². The number of rotatable bonds is 3. The molecule has 2 aromatic rings. The van der Waals surface area contributed by atoms with Gasteiger partial charge < -0.3 is 9.84 Å². The van der Waals surface area contributed by atoms with E-state index in [1.54, 1.807) is 6.92 Å². The van der Waals surface area contributed by atoms with Crippen molar-refractivity contribution in [2.75, 3.05) is 0 Å². The zero-order valence-corrected chi connectivity index (χ0v) is 10.5. The molecule has 5 nitrogen and oxygen atoms in total. The van der Waals surface area contributed by atoms with Gasteiger partial charge in [0.25, 0.3) is 5.88 Å².